The van der Waals surface area contributed by atoms with Crippen molar-refractivity contribution in [2.45, 2.75) is 39.3 Å². The van der Waals surface area contributed by atoms with E-state index >= 15 is 0 Å². The Bertz CT molecular complexity index is 455. The summed E-state index contributed by atoms with van der Waals surface area (Å²) in [6.07, 6.45) is 0.0448. The third kappa shape index (κ3) is 5.14. The predicted octanol–water partition coefficient (Wildman–Crippen LogP) is 0.424. The number of nitrogens with zero attached hydrogens (tertiary/aromatic N) is 2. The summed E-state index contributed by atoms with van der Waals surface area (Å²) in [5.41, 5.74) is 5.37. The number of thiocarbonyl (C=S) groups is 1. The van der Waals surface area contributed by atoms with Crippen molar-refractivity contribution in [3.05, 3.63) is 0 Å². The molecule has 1 aliphatic heterocycles. The summed E-state index contributed by atoms with van der Waals surface area (Å²) in [5.74, 6) is 0.0316. The molecule has 0 spiro atoms. The first-order valence-corrected chi connectivity index (χ1v) is 9.23. The van der Waals surface area contributed by atoms with E-state index in [9.17, 15) is 8.42 Å². The number of hydrogen-bond donors (Lipinski definition) is 1. The molecule has 0 unspecified atom stereocenters. The Labute approximate surface area is 133 Å². The zero-order valence-electron chi connectivity index (χ0n) is 13.3. The third-order valence-corrected chi connectivity index (χ3v) is 6.15. The molecule has 8 heteroatoms. The summed E-state index contributed by atoms with van der Waals surface area (Å²) in [5, 5.41) is 0. The zero-order valence-corrected chi connectivity index (χ0v) is 15.0. The van der Waals surface area contributed by atoms with Crippen molar-refractivity contribution < 1.29 is 13.2 Å². The van der Waals surface area contributed by atoms with Crippen LogP contribution in [0.15, 0.2) is 0 Å². The SMILES string of the molecule is CC(C)OCCS(=O)(=O)N1CCN(C(C)(C)C(N)=S)CC1. The highest BCUT2D eigenvalue weighted by Crippen LogP contribution is 2.18. The average Bonchev–Trinajstić information content (AvgIpc) is 2.38. The van der Waals surface area contributed by atoms with Gasteiger partial charge in [-0.05, 0) is 27.7 Å². The molecule has 1 saturated heterocycles. The van der Waals surface area contributed by atoms with Crippen LogP contribution in [-0.4, -0.2) is 72.8 Å². The van der Waals surface area contributed by atoms with E-state index in [2.05, 4.69) is 4.90 Å². The molecule has 0 aromatic heterocycles. The fourth-order valence-electron chi connectivity index (χ4n) is 2.20. The minimum Gasteiger partial charge on any atom is -0.392 e. The van der Waals surface area contributed by atoms with Gasteiger partial charge in [-0.15, -0.1) is 0 Å². The van der Waals surface area contributed by atoms with Crippen molar-refractivity contribution in [1.82, 2.24) is 9.21 Å². The maximum Gasteiger partial charge on any atom is 0.216 e. The Balaban J connectivity index is 2.54. The summed E-state index contributed by atoms with van der Waals surface area (Å²) in [7, 11) is -3.25. The fraction of sp³-hybridized carbons (Fsp3) is 0.923. The molecule has 1 fully saturated rings. The van der Waals surface area contributed by atoms with E-state index in [0.717, 1.165) is 0 Å². The van der Waals surface area contributed by atoms with E-state index in [0.29, 0.717) is 31.2 Å². The molecule has 0 aromatic carbocycles. The molecular formula is C13H27N3O3S2. The first-order chi connectivity index (χ1) is 9.57. The van der Waals surface area contributed by atoms with Crippen LogP contribution in [0.5, 0.6) is 0 Å². The third-order valence-electron chi connectivity index (χ3n) is 3.82. The maximum absolute atomic E-state index is 12.2. The summed E-state index contributed by atoms with van der Waals surface area (Å²) >= 11 is 5.08. The Morgan fingerprint density at radius 2 is 1.81 bits per heavy atom. The molecule has 124 valence electrons. The van der Waals surface area contributed by atoms with Gasteiger partial charge in [0.2, 0.25) is 10.0 Å². The van der Waals surface area contributed by atoms with Crippen molar-refractivity contribution in [1.29, 1.82) is 0 Å². The van der Waals surface area contributed by atoms with Gasteiger partial charge in [0.15, 0.2) is 0 Å². The minimum atomic E-state index is -3.25. The molecule has 0 bridgehead atoms. The molecule has 0 amide bonds. The molecule has 2 N–H and O–H groups in total. The first-order valence-electron chi connectivity index (χ1n) is 7.21. The van der Waals surface area contributed by atoms with Crippen LogP contribution in [0.2, 0.25) is 0 Å². The smallest absolute Gasteiger partial charge is 0.216 e. The quantitative estimate of drug-likeness (QED) is 0.679. The summed E-state index contributed by atoms with van der Waals surface area (Å²) in [4.78, 5) is 2.57. The van der Waals surface area contributed by atoms with Gasteiger partial charge in [0, 0.05) is 26.2 Å². The highest BCUT2D eigenvalue weighted by Gasteiger charge is 2.35. The molecule has 0 atom stereocenters. The van der Waals surface area contributed by atoms with Crippen LogP contribution < -0.4 is 5.73 Å². The van der Waals surface area contributed by atoms with Gasteiger partial charge in [-0.1, -0.05) is 12.2 Å². The second-order valence-corrected chi connectivity index (χ2v) is 8.57. The van der Waals surface area contributed by atoms with Crippen LogP contribution in [0.1, 0.15) is 27.7 Å². The van der Waals surface area contributed by atoms with E-state index in [4.69, 9.17) is 22.7 Å². The van der Waals surface area contributed by atoms with E-state index in [-0.39, 0.29) is 24.0 Å². The topological polar surface area (TPSA) is 75.9 Å². The van der Waals surface area contributed by atoms with Gasteiger partial charge >= 0.3 is 0 Å². The number of hydrogen-bond acceptors (Lipinski definition) is 5. The summed E-state index contributed by atoms with van der Waals surface area (Å²) in [6, 6.07) is 0. The van der Waals surface area contributed by atoms with Crippen LogP contribution in [0.3, 0.4) is 0 Å². The van der Waals surface area contributed by atoms with Gasteiger partial charge in [0.25, 0.3) is 0 Å². The second-order valence-electron chi connectivity index (χ2n) is 6.04. The highest BCUT2D eigenvalue weighted by molar-refractivity contribution is 7.89. The molecule has 1 rings (SSSR count). The largest absolute Gasteiger partial charge is 0.392 e. The summed E-state index contributed by atoms with van der Waals surface area (Å²) in [6.45, 7) is 10.2. The minimum absolute atomic E-state index is 0.0316. The van der Waals surface area contributed by atoms with Gasteiger partial charge in [-0.2, -0.15) is 4.31 Å². The van der Waals surface area contributed by atoms with Crippen LogP contribution >= 0.6 is 12.2 Å². The van der Waals surface area contributed by atoms with Crippen molar-refractivity contribution >= 4 is 27.2 Å². The Morgan fingerprint density at radius 3 is 2.24 bits per heavy atom. The molecule has 0 radical (unpaired) electrons. The predicted molar refractivity (Wildman–Crippen MR) is 88.9 cm³/mol. The second kappa shape index (κ2) is 7.32. The normalized spacial score (nSPS) is 19.1. The number of sulfonamides is 1. The van der Waals surface area contributed by atoms with Crippen LogP contribution in [0.4, 0.5) is 0 Å². The van der Waals surface area contributed by atoms with E-state index < -0.39 is 10.0 Å². The molecule has 0 aromatic rings. The molecule has 1 heterocycles. The van der Waals surface area contributed by atoms with Gasteiger partial charge < -0.3 is 10.5 Å². The van der Waals surface area contributed by atoms with Crippen molar-refractivity contribution in [3.63, 3.8) is 0 Å². The van der Waals surface area contributed by atoms with E-state index in [1.165, 1.54) is 4.31 Å². The van der Waals surface area contributed by atoms with E-state index in [1.807, 2.05) is 27.7 Å². The molecule has 6 nitrogen and oxygen atoms in total. The molecule has 0 aliphatic carbocycles. The molecule has 0 saturated carbocycles. The number of nitrogens with two attached hydrogens (primary N) is 1. The number of rotatable bonds is 7. The average molecular weight is 338 g/mol. The molecule has 1 aliphatic rings. The first kappa shape index (κ1) is 18.8. The van der Waals surface area contributed by atoms with Gasteiger partial charge in [-0.25, -0.2) is 8.42 Å². The molecule has 21 heavy (non-hydrogen) atoms. The highest BCUT2D eigenvalue weighted by atomic mass is 32.2. The Hall–Kier alpha value is -0.280. The number of ether oxygens (including phenoxy) is 1. The van der Waals surface area contributed by atoms with Crippen LogP contribution in [-0.2, 0) is 14.8 Å². The van der Waals surface area contributed by atoms with Gasteiger partial charge in [-0.3, -0.25) is 4.90 Å². The Kier molecular flexibility index (Phi) is 6.54. The lowest BCUT2D eigenvalue weighted by atomic mass is 10.0. The van der Waals surface area contributed by atoms with Crippen LogP contribution in [0.25, 0.3) is 0 Å². The van der Waals surface area contributed by atoms with Crippen LogP contribution in [0, 0.1) is 0 Å². The Morgan fingerprint density at radius 1 is 1.29 bits per heavy atom. The van der Waals surface area contributed by atoms with Crippen molar-refractivity contribution in [3.8, 4) is 0 Å². The lowest BCUT2D eigenvalue weighted by Crippen LogP contribution is -2.60. The zero-order chi connectivity index (χ0) is 16.3. The van der Waals surface area contributed by atoms with Gasteiger partial charge in [0.1, 0.15) is 0 Å². The lowest BCUT2D eigenvalue weighted by molar-refractivity contribution is 0.0893. The fourth-order valence-corrected chi connectivity index (χ4v) is 3.61. The van der Waals surface area contributed by atoms with Crippen molar-refractivity contribution in [2.75, 3.05) is 38.5 Å². The summed E-state index contributed by atoms with van der Waals surface area (Å²) < 4.78 is 31.3. The monoisotopic (exact) mass is 337 g/mol. The number of piperazine rings is 1. The van der Waals surface area contributed by atoms with Crippen molar-refractivity contribution in [2.24, 2.45) is 5.73 Å². The van der Waals surface area contributed by atoms with E-state index in [1.54, 1.807) is 0 Å². The standard InChI is InChI=1S/C13H27N3O3S2/c1-11(2)19-9-10-21(17,18)16-7-5-15(6-8-16)13(3,4)12(14)20/h11H,5-10H2,1-4H3,(H2,14,20). The maximum atomic E-state index is 12.2. The molecular weight excluding hydrogens is 310 g/mol. The lowest BCUT2D eigenvalue weighted by Gasteiger charge is -2.43. The van der Waals surface area contributed by atoms with Gasteiger partial charge in [0.05, 0.1) is 29.0 Å².